The lowest BCUT2D eigenvalue weighted by atomic mass is 9.99. The maximum absolute atomic E-state index is 6.22. The summed E-state index contributed by atoms with van der Waals surface area (Å²) in [4.78, 5) is 0. The van der Waals surface area contributed by atoms with Gasteiger partial charge in [-0.05, 0) is 25.0 Å². The molecular formula is C13H19ClN4O. The zero-order chi connectivity index (χ0) is 14.4. The Hall–Kier alpha value is -1.75. The second-order valence-electron chi connectivity index (χ2n) is 4.24. The standard InChI is InChI=1S/C13H19ClN4O/c1-4-19-12-9(7-17-18-13(15)16)5-6-10(14)11(12)8(2)3/h5-8H,4H2,1-3H3,(H4,15,16,18)/b17-7+. The van der Waals surface area contributed by atoms with Crippen LogP contribution in [0.1, 0.15) is 37.8 Å². The Kier molecular flexibility index (Phi) is 5.63. The minimum atomic E-state index is -0.0905. The van der Waals surface area contributed by atoms with Crippen LogP contribution in [-0.4, -0.2) is 18.8 Å². The summed E-state index contributed by atoms with van der Waals surface area (Å²) in [6.45, 7) is 6.58. The smallest absolute Gasteiger partial charge is 0.211 e. The largest absolute Gasteiger partial charge is 0.493 e. The summed E-state index contributed by atoms with van der Waals surface area (Å²) in [6.07, 6.45) is 1.55. The van der Waals surface area contributed by atoms with Gasteiger partial charge >= 0.3 is 0 Å². The first-order chi connectivity index (χ1) is 8.97. The van der Waals surface area contributed by atoms with Crippen LogP contribution in [-0.2, 0) is 0 Å². The molecule has 0 aliphatic carbocycles. The van der Waals surface area contributed by atoms with E-state index < -0.39 is 0 Å². The van der Waals surface area contributed by atoms with Gasteiger partial charge in [-0.3, -0.25) is 0 Å². The van der Waals surface area contributed by atoms with Crippen molar-refractivity contribution in [3.63, 3.8) is 0 Å². The summed E-state index contributed by atoms with van der Waals surface area (Å²) < 4.78 is 5.68. The monoisotopic (exact) mass is 282 g/mol. The fourth-order valence-electron chi connectivity index (χ4n) is 1.70. The molecule has 0 amide bonds. The van der Waals surface area contributed by atoms with Crippen LogP contribution in [0.3, 0.4) is 0 Å². The second-order valence-corrected chi connectivity index (χ2v) is 4.64. The van der Waals surface area contributed by atoms with Gasteiger partial charge in [0.05, 0.1) is 12.8 Å². The van der Waals surface area contributed by atoms with Crippen molar-refractivity contribution < 1.29 is 4.74 Å². The summed E-state index contributed by atoms with van der Waals surface area (Å²) in [6, 6.07) is 3.64. The van der Waals surface area contributed by atoms with Gasteiger partial charge in [-0.25, -0.2) is 0 Å². The fraction of sp³-hybridized carbons (Fsp3) is 0.385. The van der Waals surface area contributed by atoms with Gasteiger partial charge in [-0.2, -0.15) is 5.10 Å². The number of nitrogens with zero attached hydrogens (tertiary/aromatic N) is 2. The molecule has 4 N–H and O–H groups in total. The highest BCUT2D eigenvalue weighted by Gasteiger charge is 2.15. The molecule has 1 rings (SSSR count). The minimum absolute atomic E-state index is 0.0905. The number of guanidine groups is 1. The molecule has 0 radical (unpaired) electrons. The van der Waals surface area contributed by atoms with Gasteiger partial charge < -0.3 is 16.2 Å². The summed E-state index contributed by atoms with van der Waals surface area (Å²) in [5.41, 5.74) is 12.2. The predicted molar refractivity (Wildman–Crippen MR) is 80.1 cm³/mol. The number of halogens is 1. The van der Waals surface area contributed by atoms with Crippen molar-refractivity contribution in [1.29, 1.82) is 0 Å². The highest BCUT2D eigenvalue weighted by atomic mass is 35.5. The minimum Gasteiger partial charge on any atom is -0.493 e. The number of hydrogen-bond acceptors (Lipinski definition) is 3. The van der Waals surface area contributed by atoms with E-state index in [2.05, 4.69) is 24.1 Å². The SMILES string of the molecule is CCOc1c(/C=N/N=C(N)N)ccc(Cl)c1C(C)C. The van der Waals surface area contributed by atoms with Crippen LogP contribution >= 0.6 is 11.6 Å². The molecule has 1 aromatic carbocycles. The van der Waals surface area contributed by atoms with Crippen LogP contribution in [0.2, 0.25) is 5.02 Å². The number of rotatable bonds is 5. The number of hydrogen-bond donors (Lipinski definition) is 2. The third kappa shape index (κ3) is 4.13. The molecule has 0 aliphatic rings. The van der Waals surface area contributed by atoms with E-state index in [0.29, 0.717) is 11.6 Å². The molecule has 104 valence electrons. The number of benzene rings is 1. The Morgan fingerprint density at radius 2 is 2.11 bits per heavy atom. The Morgan fingerprint density at radius 3 is 2.63 bits per heavy atom. The Bertz CT molecular complexity index is 494. The van der Waals surface area contributed by atoms with Gasteiger partial charge in [0.2, 0.25) is 5.96 Å². The molecule has 0 fully saturated rings. The maximum Gasteiger partial charge on any atom is 0.211 e. The molecule has 0 unspecified atom stereocenters. The molecule has 0 aliphatic heterocycles. The highest BCUT2D eigenvalue weighted by molar-refractivity contribution is 6.31. The fourth-order valence-corrected chi connectivity index (χ4v) is 2.06. The molecule has 6 heteroatoms. The third-order valence-electron chi connectivity index (χ3n) is 2.41. The van der Waals surface area contributed by atoms with E-state index in [1.807, 2.05) is 19.1 Å². The lowest BCUT2D eigenvalue weighted by Gasteiger charge is -2.17. The summed E-state index contributed by atoms with van der Waals surface area (Å²) in [5, 5.41) is 8.05. The Labute approximate surface area is 118 Å². The van der Waals surface area contributed by atoms with Crippen LogP contribution < -0.4 is 16.2 Å². The lowest BCUT2D eigenvalue weighted by molar-refractivity contribution is 0.335. The van der Waals surface area contributed by atoms with E-state index in [4.69, 9.17) is 27.8 Å². The van der Waals surface area contributed by atoms with Crippen LogP contribution in [0, 0.1) is 0 Å². The quantitative estimate of drug-likeness (QED) is 0.494. The predicted octanol–water partition coefficient (Wildman–Crippen LogP) is 2.47. The Balaban J connectivity index is 3.27. The molecule has 5 nitrogen and oxygen atoms in total. The molecule has 0 spiro atoms. The topological polar surface area (TPSA) is 86.0 Å². The van der Waals surface area contributed by atoms with Crippen LogP contribution in [0.15, 0.2) is 22.3 Å². The molecule has 0 atom stereocenters. The number of ether oxygens (including phenoxy) is 1. The van der Waals surface area contributed by atoms with Crippen molar-refractivity contribution in [1.82, 2.24) is 0 Å². The van der Waals surface area contributed by atoms with Gasteiger partial charge in [-0.15, -0.1) is 5.10 Å². The van der Waals surface area contributed by atoms with Crippen molar-refractivity contribution in [3.8, 4) is 5.75 Å². The molecular weight excluding hydrogens is 264 g/mol. The van der Waals surface area contributed by atoms with E-state index in [1.165, 1.54) is 0 Å². The summed E-state index contributed by atoms with van der Waals surface area (Å²) >= 11 is 6.22. The van der Waals surface area contributed by atoms with Gasteiger partial charge in [0.1, 0.15) is 5.75 Å². The van der Waals surface area contributed by atoms with Crippen LogP contribution in [0.5, 0.6) is 5.75 Å². The van der Waals surface area contributed by atoms with Gasteiger partial charge in [0.25, 0.3) is 0 Å². The van der Waals surface area contributed by atoms with E-state index in [9.17, 15) is 0 Å². The van der Waals surface area contributed by atoms with E-state index in [1.54, 1.807) is 6.21 Å². The zero-order valence-corrected chi connectivity index (χ0v) is 12.1. The zero-order valence-electron chi connectivity index (χ0n) is 11.4. The molecule has 0 heterocycles. The molecule has 0 aromatic heterocycles. The molecule has 0 saturated heterocycles. The van der Waals surface area contributed by atoms with E-state index in [-0.39, 0.29) is 11.9 Å². The molecule has 0 saturated carbocycles. The van der Waals surface area contributed by atoms with Crippen LogP contribution in [0.4, 0.5) is 0 Å². The van der Waals surface area contributed by atoms with Gasteiger partial charge in [-0.1, -0.05) is 25.4 Å². The molecule has 19 heavy (non-hydrogen) atoms. The first-order valence-electron chi connectivity index (χ1n) is 6.04. The lowest BCUT2D eigenvalue weighted by Crippen LogP contribution is -2.21. The van der Waals surface area contributed by atoms with Crippen molar-refractivity contribution in [3.05, 3.63) is 28.3 Å². The third-order valence-corrected chi connectivity index (χ3v) is 2.74. The molecule has 1 aromatic rings. The second kappa shape index (κ2) is 6.99. The Morgan fingerprint density at radius 1 is 1.42 bits per heavy atom. The van der Waals surface area contributed by atoms with Gasteiger partial charge in [0, 0.05) is 16.1 Å². The van der Waals surface area contributed by atoms with E-state index in [0.717, 1.165) is 16.9 Å². The average molecular weight is 283 g/mol. The molecule has 0 bridgehead atoms. The first-order valence-corrected chi connectivity index (χ1v) is 6.42. The van der Waals surface area contributed by atoms with Crippen molar-refractivity contribution in [2.75, 3.05) is 6.61 Å². The maximum atomic E-state index is 6.22. The van der Waals surface area contributed by atoms with Gasteiger partial charge in [0.15, 0.2) is 0 Å². The van der Waals surface area contributed by atoms with Crippen molar-refractivity contribution in [2.24, 2.45) is 21.7 Å². The highest BCUT2D eigenvalue weighted by Crippen LogP contribution is 2.35. The normalized spacial score (nSPS) is 11.0. The first kappa shape index (κ1) is 15.3. The van der Waals surface area contributed by atoms with E-state index >= 15 is 0 Å². The number of nitrogens with two attached hydrogens (primary N) is 2. The summed E-state index contributed by atoms with van der Waals surface area (Å²) in [7, 11) is 0. The van der Waals surface area contributed by atoms with Crippen molar-refractivity contribution in [2.45, 2.75) is 26.7 Å². The summed E-state index contributed by atoms with van der Waals surface area (Å²) in [5.74, 6) is 0.872. The average Bonchev–Trinajstić information content (AvgIpc) is 2.31. The van der Waals surface area contributed by atoms with Crippen LogP contribution in [0.25, 0.3) is 0 Å². The van der Waals surface area contributed by atoms with Crippen molar-refractivity contribution >= 4 is 23.8 Å².